The first-order valence-corrected chi connectivity index (χ1v) is 9.46. The van der Waals surface area contributed by atoms with Crippen molar-refractivity contribution in [3.63, 3.8) is 0 Å². The van der Waals surface area contributed by atoms with Gasteiger partial charge in [0.2, 0.25) is 5.91 Å². The Hall–Kier alpha value is -1.49. The molecule has 132 valence electrons. The lowest BCUT2D eigenvalue weighted by Gasteiger charge is -2.28. The highest BCUT2D eigenvalue weighted by atomic mass is 32.2. The standard InChI is InChI=1S/C19H28N2O2S/c1-18(2,3)14-9-7-13(8-10-14)17(23)21-12-24-11-15(21)16(22)20-19(4,5)6/h7-10,15H,11-12H2,1-6H3,(H,20,22). The van der Waals surface area contributed by atoms with E-state index in [4.69, 9.17) is 0 Å². The second-order valence-electron chi connectivity index (χ2n) is 8.36. The summed E-state index contributed by atoms with van der Waals surface area (Å²) in [5, 5.41) is 2.98. The van der Waals surface area contributed by atoms with E-state index < -0.39 is 6.04 Å². The van der Waals surface area contributed by atoms with Gasteiger partial charge in [0.1, 0.15) is 6.04 Å². The maximum atomic E-state index is 12.8. The Morgan fingerprint density at radius 2 is 1.67 bits per heavy atom. The molecular weight excluding hydrogens is 320 g/mol. The van der Waals surface area contributed by atoms with Crippen molar-refractivity contribution >= 4 is 23.6 Å². The first kappa shape index (κ1) is 18.8. The Bertz CT molecular complexity index is 612. The number of nitrogens with one attached hydrogen (secondary N) is 1. The summed E-state index contributed by atoms with van der Waals surface area (Å²) in [4.78, 5) is 27.0. The highest BCUT2D eigenvalue weighted by Gasteiger charge is 2.36. The van der Waals surface area contributed by atoms with Gasteiger partial charge in [0.05, 0.1) is 5.88 Å². The predicted molar refractivity (Wildman–Crippen MR) is 100 cm³/mol. The SMILES string of the molecule is CC(C)(C)NC(=O)C1CSCN1C(=O)c1ccc(C(C)(C)C)cc1. The molecular formula is C19H28N2O2S. The van der Waals surface area contributed by atoms with E-state index in [0.717, 1.165) is 0 Å². The topological polar surface area (TPSA) is 49.4 Å². The Morgan fingerprint density at radius 3 is 2.17 bits per heavy atom. The number of thioether (sulfide) groups is 1. The van der Waals surface area contributed by atoms with Crippen LogP contribution in [0.1, 0.15) is 57.5 Å². The van der Waals surface area contributed by atoms with Gasteiger partial charge in [-0.1, -0.05) is 32.9 Å². The van der Waals surface area contributed by atoms with Gasteiger partial charge in [0, 0.05) is 16.9 Å². The highest BCUT2D eigenvalue weighted by molar-refractivity contribution is 7.99. The van der Waals surface area contributed by atoms with E-state index in [1.807, 2.05) is 45.0 Å². The molecule has 1 N–H and O–H groups in total. The lowest BCUT2D eigenvalue weighted by atomic mass is 9.86. The number of nitrogens with zero attached hydrogens (tertiary/aromatic N) is 1. The zero-order valence-corrected chi connectivity index (χ0v) is 16.3. The number of hydrogen-bond acceptors (Lipinski definition) is 3. The van der Waals surface area contributed by atoms with Gasteiger partial charge >= 0.3 is 0 Å². The third-order valence-corrected chi connectivity index (χ3v) is 4.95. The molecule has 0 aromatic heterocycles. The van der Waals surface area contributed by atoms with E-state index in [0.29, 0.717) is 17.2 Å². The average molecular weight is 349 g/mol. The lowest BCUT2D eigenvalue weighted by Crippen LogP contribution is -2.52. The van der Waals surface area contributed by atoms with Crippen molar-refractivity contribution in [2.24, 2.45) is 0 Å². The zero-order valence-electron chi connectivity index (χ0n) is 15.5. The molecule has 1 aromatic rings. The molecule has 1 heterocycles. The van der Waals surface area contributed by atoms with Crippen molar-refractivity contribution in [3.05, 3.63) is 35.4 Å². The molecule has 2 rings (SSSR count). The van der Waals surface area contributed by atoms with E-state index in [-0.39, 0.29) is 22.8 Å². The fourth-order valence-corrected chi connectivity index (χ4v) is 3.75. The normalized spacial score (nSPS) is 18.6. The molecule has 0 spiro atoms. The molecule has 5 heteroatoms. The predicted octanol–water partition coefficient (Wildman–Crippen LogP) is 3.41. The van der Waals surface area contributed by atoms with E-state index >= 15 is 0 Å². The Kier molecular flexibility index (Phi) is 5.33. The molecule has 1 aromatic carbocycles. The van der Waals surface area contributed by atoms with Crippen LogP contribution in [-0.4, -0.2) is 39.9 Å². The van der Waals surface area contributed by atoms with Gasteiger partial charge in [-0.25, -0.2) is 0 Å². The number of rotatable bonds is 2. The first-order valence-electron chi connectivity index (χ1n) is 8.30. The molecule has 1 aliphatic rings. The number of amides is 2. The van der Waals surface area contributed by atoms with Crippen LogP contribution >= 0.6 is 11.8 Å². The smallest absolute Gasteiger partial charge is 0.255 e. The molecule has 0 radical (unpaired) electrons. The second-order valence-corrected chi connectivity index (χ2v) is 9.36. The van der Waals surface area contributed by atoms with Crippen LogP contribution < -0.4 is 5.32 Å². The first-order chi connectivity index (χ1) is 11.0. The second kappa shape index (κ2) is 6.79. The Labute approximate surface area is 149 Å². The summed E-state index contributed by atoms with van der Waals surface area (Å²) in [6.45, 7) is 12.3. The van der Waals surface area contributed by atoms with Crippen LogP contribution in [0.2, 0.25) is 0 Å². The summed E-state index contributed by atoms with van der Waals surface area (Å²) in [5.41, 5.74) is 1.59. The average Bonchev–Trinajstić information content (AvgIpc) is 2.93. The molecule has 2 amide bonds. The number of hydrogen-bond donors (Lipinski definition) is 1. The van der Waals surface area contributed by atoms with E-state index in [1.54, 1.807) is 16.7 Å². The minimum atomic E-state index is -0.399. The van der Waals surface area contributed by atoms with Crippen molar-refractivity contribution < 1.29 is 9.59 Å². The summed E-state index contributed by atoms with van der Waals surface area (Å²) in [7, 11) is 0. The minimum absolute atomic E-state index is 0.0558. The molecule has 0 saturated carbocycles. The van der Waals surface area contributed by atoms with Gasteiger partial charge in [-0.05, 0) is 43.9 Å². The largest absolute Gasteiger partial charge is 0.350 e. The van der Waals surface area contributed by atoms with Crippen LogP contribution in [0.25, 0.3) is 0 Å². The van der Waals surface area contributed by atoms with Crippen molar-refractivity contribution in [1.82, 2.24) is 10.2 Å². The monoisotopic (exact) mass is 348 g/mol. The highest BCUT2D eigenvalue weighted by Crippen LogP contribution is 2.26. The van der Waals surface area contributed by atoms with Crippen molar-refractivity contribution in [2.45, 2.75) is 58.5 Å². The summed E-state index contributed by atoms with van der Waals surface area (Å²) >= 11 is 1.62. The molecule has 1 aliphatic heterocycles. The quantitative estimate of drug-likeness (QED) is 0.891. The summed E-state index contributed by atoms with van der Waals surface area (Å²) in [5.74, 6) is 1.05. The lowest BCUT2D eigenvalue weighted by molar-refractivity contribution is -0.125. The Balaban J connectivity index is 2.14. The van der Waals surface area contributed by atoms with Crippen LogP contribution in [0.5, 0.6) is 0 Å². The zero-order chi connectivity index (χ0) is 18.1. The van der Waals surface area contributed by atoms with Gasteiger partial charge in [-0.15, -0.1) is 11.8 Å². The van der Waals surface area contributed by atoms with E-state index in [1.165, 1.54) is 5.56 Å². The number of carbonyl (C=O) groups is 2. The van der Waals surface area contributed by atoms with Crippen LogP contribution in [0.4, 0.5) is 0 Å². The maximum Gasteiger partial charge on any atom is 0.255 e. The number of carbonyl (C=O) groups excluding carboxylic acids is 2. The third kappa shape index (κ3) is 4.53. The summed E-state index contributed by atoms with van der Waals surface area (Å²) < 4.78 is 0. The Morgan fingerprint density at radius 1 is 1.08 bits per heavy atom. The van der Waals surface area contributed by atoms with Gasteiger partial charge < -0.3 is 10.2 Å². The molecule has 1 saturated heterocycles. The number of benzene rings is 1. The summed E-state index contributed by atoms with van der Waals surface area (Å²) in [6.07, 6.45) is 0. The van der Waals surface area contributed by atoms with E-state index in [2.05, 4.69) is 26.1 Å². The van der Waals surface area contributed by atoms with Crippen molar-refractivity contribution in [3.8, 4) is 0 Å². The van der Waals surface area contributed by atoms with E-state index in [9.17, 15) is 9.59 Å². The van der Waals surface area contributed by atoms with Crippen LogP contribution in [0.15, 0.2) is 24.3 Å². The van der Waals surface area contributed by atoms with Gasteiger partial charge in [0.15, 0.2) is 0 Å². The van der Waals surface area contributed by atoms with Crippen LogP contribution in [0, 0.1) is 0 Å². The fourth-order valence-electron chi connectivity index (χ4n) is 2.59. The molecule has 1 unspecified atom stereocenters. The van der Waals surface area contributed by atoms with Gasteiger partial charge in [-0.2, -0.15) is 0 Å². The molecule has 1 fully saturated rings. The molecule has 24 heavy (non-hydrogen) atoms. The maximum absolute atomic E-state index is 12.8. The van der Waals surface area contributed by atoms with Crippen molar-refractivity contribution in [2.75, 3.05) is 11.6 Å². The summed E-state index contributed by atoms with van der Waals surface area (Å²) in [6, 6.07) is 7.33. The molecule has 0 aliphatic carbocycles. The minimum Gasteiger partial charge on any atom is -0.350 e. The third-order valence-electron chi connectivity index (χ3n) is 3.94. The van der Waals surface area contributed by atoms with Crippen LogP contribution in [0.3, 0.4) is 0 Å². The molecule has 4 nitrogen and oxygen atoms in total. The van der Waals surface area contributed by atoms with Gasteiger partial charge in [-0.3, -0.25) is 9.59 Å². The molecule has 0 bridgehead atoms. The van der Waals surface area contributed by atoms with Crippen LogP contribution in [-0.2, 0) is 10.2 Å². The van der Waals surface area contributed by atoms with Crippen molar-refractivity contribution in [1.29, 1.82) is 0 Å². The molecule has 1 atom stereocenters. The van der Waals surface area contributed by atoms with Gasteiger partial charge in [0.25, 0.3) is 5.91 Å². The fraction of sp³-hybridized carbons (Fsp3) is 0.579.